The zero-order chi connectivity index (χ0) is 13.7. The predicted octanol–water partition coefficient (Wildman–Crippen LogP) is 3.77. The van der Waals surface area contributed by atoms with Crippen molar-refractivity contribution in [2.24, 2.45) is 0 Å². The average Bonchev–Trinajstić information content (AvgIpc) is 3.09. The molecule has 1 fully saturated rings. The zero-order valence-corrected chi connectivity index (χ0v) is 11.2. The summed E-state index contributed by atoms with van der Waals surface area (Å²) in [7, 11) is 0. The number of alkyl halides is 2. The van der Waals surface area contributed by atoms with Crippen molar-refractivity contribution in [2.75, 3.05) is 0 Å². The number of imidazole rings is 1. The highest BCUT2D eigenvalue weighted by Gasteiger charge is 2.32. The van der Waals surface area contributed by atoms with Crippen LogP contribution in [0.4, 0.5) is 8.78 Å². The van der Waals surface area contributed by atoms with E-state index in [-0.39, 0.29) is 22.9 Å². The van der Waals surface area contributed by atoms with Crippen molar-refractivity contribution >= 4 is 32.9 Å². The molecule has 0 aliphatic heterocycles. The van der Waals surface area contributed by atoms with Crippen LogP contribution in [0.5, 0.6) is 0 Å². The lowest BCUT2D eigenvalue weighted by Crippen LogP contribution is -2.02. The van der Waals surface area contributed by atoms with Crippen molar-refractivity contribution in [3.63, 3.8) is 0 Å². The number of halogens is 3. The summed E-state index contributed by atoms with van der Waals surface area (Å²) in [5, 5.41) is 8.97. The Labute approximate surface area is 115 Å². The fourth-order valence-electron chi connectivity index (χ4n) is 2.18. The second-order valence-corrected chi connectivity index (χ2v) is 5.36. The second-order valence-electron chi connectivity index (χ2n) is 4.50. The van der Waals surface area contributed by atoms with Gasteiger partial charge in [-0.1, -0.05) is 0 Å². The van der Waals surface area contributed by atoms with Gasteiger partial charge in [0.1, 0.15) is 0 Å². The largest absolute Gasteiger partial charge is 0.478 e. The topological polar surface area (TPSA) is 55.1 Å². The Morgan fingerprint density at radius 3 is 2.68 bits per heavy atom. The minimum atomic E-state index is -2.67. The van der Waals surface area contributed by atoms with E-state index in [0.29, 0.717) is 9.99 Å². The summed E-state index contributed by atoms with van der Waals surface area (Å²) in [6, 6.07) is 2.79. The highest BCUT2D eigenvalue weighted by molar-refractivity contribution is 9.10. The Bertz CT molecular complexity index is 680. The molecule has 0 saturated heterocycles. The molecular formula is C12H9BrF2N2O2. The molecule has 2 aromatic rings. The molecule has 0 spiro atoms. The summed E-state index contributed by atoms with van der Waals surface area (Å²) < 4.78 is 28.1. The summed E-state index contributed by atoms with van der Waals surface area (Å²) in [4.78, 5) is 14.9. The molecule has 19 heavy (non-hydrogen) atoms. The van der Waals surface area contributed by atoms with E-state index in [4.69, 9.17) is 5.11 Å². The fourth-order valence-corrected chi connectivity index (χ4v) is 2.82. The number of aromatic nitrogens is 2. The van der Waals surface area contributed by atoms with Crippen LogP contribution in [-0.4, -0.2) is 20.6 Å². The van der Waals surface area contributed by atoms with Gasteiger partial charge >= 0.3 is 5.97 Å². The van der Waals surface area contributed by atoms with Gasteiger partial charge in [-0.15, -0.1) is 0 Å². The maximum Gasteiger partial charge on any atom is 0.335 e. The minimum absolute atomic E-state index is 0.0284. The molecular weight excluding hydrogens is 322 g/mol. The highest BCUT2D eigenvalue weighted by Crippen LogP contribution is 2.42. The molecule has 1 aromatic heterocycles. The van der Waals surface area contributed by atoms with E-state index in [0.717, 1.165) is 12.8 Å². The lowest BCUT2D eigenvalue weighted by Gasteiger charge is -2.07. The number of nitrogens with zero attached hydrogens (tertiary/aromatic N) is 2. The number of benzene rings is 1. The van der Waals surface area contributed by atoms with Gasteiger partial charge in [-0.25, -0.2) is 18.6 Å². The molecule has 1 aliphatic rings. The molecule has 1 saturated carbocycles. The number of aromatic carboxylic acids is 1. The first-order valence-electron chi connectivity index (χ1n) is 5.72. The summed E-state index contributed by atoms with van der Waals surface area (Å²) >= 11 is 3.26. The molecule has 0 radical (unpaired) electrons. The fraction of sp³-hybridized carbons (Fsp3) is 0.333. The Kier molecular flexibility index (Phi) is 2.81. The third kappa shape index (κ3) is 2.01. The molecule has 1 aliphatic carbocycles. The van der Waals surface area contributed by atoms with E-state index in [1.807, 2.05) is 0 Å². The number of rotatable bonds is 3. The van der Waals surface area contributed by atoms with Gasteiger partial charge in [0, 0.05) is 10.5 Å². The molecule has 1 aromatic carbocycles. The van der Waals surface area contributed by atoms with Gasteiger partial charge in [-0.05, 0) is 40.9 Å². The Morgan fingerprint density at radius 1 is 1.47 bits per heavy atom. The summed E-state index contributed by atoms with van der Waals surface area (Å²) in [5.74, 6) is -1.40. The summed E-state index contributed by atoms with van der Waals surface area (Å²) in [6.45, 7) is 0. The van der Waals surface area contributed by atoms with Gasteiger partial charge in [-0.3, -0.25) is 0 Å². The number of hydrogen-bond donors (Lipinski definition) is 1. The maximum atomic E-state index is 13.0. The quantitative estimate of drug-likeness (QED) is 0.931. The van der Waals surface area contributed by atoms with Crippen molar-refractivity contribution in [1.82, 2.24) is 9.55 Å². The first-order valence-corrected chi connectivity index (χ1v) is 6.51. The monoisotopic (exact) mass is 330 g/mol. The minimum Gasteiger partial charge on any atom is -0.478 e. The Hall–Kier alpha value is -1.50. The number of hydrogen-bond acceptors (Lipinski definition) is 2. The van der Waals surface area contributed by atoms with Crippen LogP contribution in [0.1, 0.15) is 41.5 Å². The van der Waals surface area contributed by atoms with Crippen LogP contribution in [0.25, 0.3) is 11.0 Å². The van der Waals surface area contributed by atoms with Gasteiger partial charge < -0.3 is 9.67 Å². The van der Waals surface area contributed by atoms with E-state index in [1.165, 1.54) is 16.7 Å². The van der Waals surface area contributed by atoms with Crippen molar-refractivity contribution in [1.29, 1.82) is 0 Å². The smallest absolute Gasteiger partial charge is 0.335 e. The summed E-state index contributed by atoms with van der Waals surface area (Å²) in [5.41, 5.74) is 0.859. The van der Waals surface area contributed by atoms with Gasteiger partial charge in [0.15, 0.2) is 5.82 Å². The van der Waals surface area contributed by atoms with Crippen LogP contribution < -0.4 is 0 Å². The van der Waals surface area contributed by atoms with Gasteiger partial charge in [-0.2, -0.15) is 0 Å². The summed E-state index contributed by atoms with van der Waals surface area (Å²) in [6.07, 6.45) is -0.982. The number of carboxylic acid groups (broad SMARTS) is 1. The van der Waals surface area contributed by atoms with Crippen molar-refractivity contribution in [2.45, 2.75) is 25.3 Å². The normalized spacial score (nSPS) is 15.4. The number of carbonyl (C=O) groups is 1. The predicted molar refractivity (Wildman–Crippen MR) is 67.6 cm³/mol. The molecule has 0 atom stereocenters. The van der Waals surface area contributed by atoms with Crippen LogP contribution in [0.3, 0.4) is 0 Å². The molecule has 0 amide bonds. The second kappa shape index (κ2) is 4.26. The maximum absolute atomic E-state index is 13.0. The third-order valence-corrected chi connectivity index (χ3v) is 3.72. The molecule has 7 heteroatoms. The van der Waals surface area contributed by atoms with Crippen LogP contribution in [0, 0.1) is 0 Å². The van der Waals surface area contributed by atoms with Crippen LogP contribution in [0.15, 0.2) is 16.6 Å². The van der Waals surface area contributed by atoms with Crippen LogP contribution in [-0.2, 0) is 0 Å². The van der Waals surface area contributed by atoms with Crippen LogP contribution >= 0.6 is 15.9 Å². The average molecular weight is 331 g/mol. The van der Waals surface area contributed by atoms with Crippen LogP contribution in [0.2, 0.25) is 0 Å². The van der Waals surface area contributed by atoms with E-state index < -0.39 is 12.4 Å². The zero-order valence-electron chi connectivity index (χ0n) is 9.61. The molecule has 0 unspecified atom stereocenters. The van der Waals surface area contributed by atoms with E-state index in [9.17, 15) is 13.6 Å². The van der Waals surface area contributed by atoms with Crippen molar-refractivity contribution in [3.05, 3.63) is 28.0 Å². The SMILES string of the molecule is O=C(O)c1cc(Br)c2c(c1)nc(C(F)F)n2C1CC1. The molecule has 1 N–H and O–H groups in total. The Balaban J connectivity index is 2.31. The first-order chi connectivity index (χ1) is 8.99. The molecule has 3 rings (SSSR count). The van der Waals surface area contributed by atoms with E-state index in [1.54, 1.807) is 0 Å². The first kappa shape index (κ1) is 12.5. The molecule has 4 nitrogen and oxygen atoms in total. The Morgan fingerprint density at radius 2 is 2.16 bits per heavy atom. The van der Waals surface area contributed by atoms with Crippen molar-refractivity contribution in [3.8, 4) is 0 Å². The highest BCUT2D eigenvalue weighted by atomic mass is 79.9. The van der Waals surface area contributed by atoms with Gasteiger partial charge in [0.25, 0.3) is 6.43 Å². The standard InChI is InChI=1S/C12H9BrF2N2O2/c13-7-3-5(12(18)19)4-8-9(7)17(6-1-2-6)11(16-8)10(14)15/h3-4,6,10H,1-2H2,(H,18,19). The van der Waals surface area contributed by atoms with E-state index in [2.05, 4.69) is 20.9 Å². The third-order valence-electron chi connectivity index (χ3n) is 3.12. The van der Waals surface area contributed by atoms with Gasteiger partial charge in [0.05, 0.1) is 16.6 Å². The van der Waals surface area contributed by atoms with Gasteiger partial charge in [0.2, 0.25) is 0 Å². The lowest BCUT2D eigenvalue weighted by atomic mass is 10.2. The lowest BCUT2D eigenvalue weighted by molar-refractivity contribution is 0.0697. The number of fused-ring (bicyclic) bond motifs is 1. The molecule has 0 bridgehead atoms. The van der Waals surface area contributed by atoms with E-state index >= 15 is 0 Å². The molecule has 100 valence electrons. The van der Waals surface area contributed by atoms with Crippen molar-refractivity contribution < 1.29 is 18.7 Å². The number of carboxylic acids is 1. The molecule has 1 heterocycles.